The molecular formula is C13H18N2O3. The summed E-state index contributed by atoms with van der Waals surface area (Å²) in [5.41, 5.74) is -0.0551. The summed E-state index contributed by atoms with van der Waals surface area (Å²) in [6.07, 6.45) is 2.22. The second-order valence-electron chi connectivity index (χ2n) is 4.23. The topological polar surface area (TPSA) is 79.3 Å². The third kappa shape index (κ3) is 2.85. The van der Waals surface area contributed by atoms with Gasteiger partial charge in [-0.25, -0.2) is 4.79 Å². The van der Waals surface area contributed by atoms with Crippen molar-refractivity contribution in [1.29, 1.82) is 0 Å². The lowest BCUT2D eigenvalue weighted by molar-refractivity contribution is -0.144. The first kappa shape index (κ1) is 14.2. The minimum atomic E-state index is -1.20. The van der Waals surface area contributed by atoms with E-state index in [9.17, 15) is 14.7 Å². The molecule has 0 fully saturated rings. The number of rotatable bonds is 5. The van der Waals surface area contributed by atoms with E-state index in [1.165, 1.54) is 6.20 Å². The number of carbonyl (C=O) groups is 2. The molecule has 18 heavy (non-hydrogen) atoms. The number of aryl methyl sites for hydroxylation is 1. The predicted octanol–water partition coefficient (Wildman–Crippen LogP) is 1.76. The third-order valence-electron chi connectivity index (χ3n) is 3.13. The highest BCUT2D eigenvalue weighted by Gasteiger charge is 2.36. The Morgan fingerprint density at radius 1 is 1.39 bits per heavy atom. The molecule has 2 N–H and O–H groups in total. The fraction of sp³-hybridized carbons (Fsp3) is 0.462. The lowest BCUT2D eigenvalue weighted by atomic mass is 9.92. The van der Waals surface area contributed by atoms with E-state index in [0.717, 1.165) is 5.69 Å². The average Bonchev–Trinajstić information content (AvgIpc) is 2.35. The fourth-order valence-electron chi connectivity index (χ4n) is 1.76. The third-order valence-corrected chi connectivity index (χ3v) is 3.13. The molecule has 1 aromatic heterocycles. The number of carboxylic acids is 1. The highest BCUT2D eigenvalue weighted by Crippen LogP contribution is 2.16. The van der Waals surface area contributed by atoms with Crippen molar-refractivity contribution in [2.75, 3.05) is 0 Å². The number of carbonyl (C=O) groups excluding carboxylic acids is 1. The van der Waals surface area contributed by atoms with Crippen molar-refractivity contribution in [2.24, 2.45) is 0 Å². The molecule has 0 radical (unpaired) electrons. The molecule has 0 atom stereocenters. The van der Waals surface area contributed by atoms with Gasteiger partial charge in [0.25, 0.3) is 5.91 Å². The molecule has 5 heteroatoms. The maximum atomic E-state index is 12.0. The standard InChI is InChI=1S/C13H18N2O3/c1-4-13(5-2,12(17)18)15-11(16)10-6-7-14-9(3)8-10/h6-8H,4-5H2,1-3H3,(H,15,16)(H,17,18). The number of aromatic nitrogens is 1. The number of pyridine rings is 1. The van der Waals surface area contributed by atoms with Crippen molar-refractivity contribution in [3.05, 3.63) is 29.6 Å². The molecular weight excluding hydrogens is 232 g/mol. The van der Waals surface area contributed by atoms with Crippen molar-refractivity contribution >= 4 is 11.9 Å². The van der Waals surface area contributed by atoms with Gasteiger partial charge in [-0.1, -0.05) is 13.8 Å². The summed E-state index contributed by atoms with van der Waals surface area (Å²) in [6.45, 7) is 5.27. The zero-order chi connectivity index (χ0) is 13.8. The van der Waals surface area contributed by atoms with Crippen LogP contribution in [0.2, 0.25) is 0 Å². The van der Waals surface area contributed by atoms with Crippen molar-refractivity contribution in [2.45, 2.75) is 39.2 Å². The first-order chi connectivity index (χ1) is 8.45. The monoisotopic (exact) mass is 250 g/mol. The van der Waals surface area contributed by atoms with Gasteiger partial charge >= 0.3 is 5.97 Å². The Balaban J connectivity index is 2.95. The number of aliphatic carboxylic acids is 1. The zero-order valence-corrected chi connectivity index (χ0v) is 10.9. The predicted molar refractivity (Wildman–Crippen MR) is 67.4 cm³/mol. The Kier molecular flexibility index (Phi) is 4.42. The molecule has 0 saturated heterocycles. The Morgan fingerprint density at radius 2 is 2.00 bits per heavy atom. The van der Waals surface area contributed by atoms with E-state index in [2.05, 4.69) is 10.3 Å². The number of hydrogen-bond donors (Lipinski definition) is 2. The van der Waals surface area contributed by atoms with Crippen LogP contribution in [0.15, 0.2) is 18.3 Å². The molecule has 1 heterocycles. The van der Waals surface area contributed by atoms with E-state index >= 15 is 0 Å². The normalized spacial score (nSPS) is 11.1. The van der Waals surface area contributed by atoms with E-state index in [1.807, 2.05) is 0 Å². The summed E-state index contributed by atoms with van der Waals surface area (Å²) >= 11 is 0. The maximum Gasteiger partial charge on any atom is 0.329 e. The summed E-state index contributed by atoms with van der Waals surface area (Å²) in [7, 11) is 0. The van der Waals surface area contributed by atoms with Crippen LogP contribution in [0.3, 0.4) is 0 Å². The van der Waals surface area contributed by atoms with Crippen LogP contribution in [-0.2, 0) is 4.79 Å². The van der Waals surface area contributed by atoms with Crippen LogP contribution in [0.25, 0.3) is 0 Å². The van der Waals surface area contributed by atoms with Gasteiger partial charge in [-0.2, -0.15) is 0 Å². The van der Waals surface area contributed by atoms with Crippen LogP contribution < -0.4 is 5.32 Å². The first-order valence-corrected chi connectivity index (χ1v) is 5.93. The molecule has 0 unspecified atom stereocenters. The van der Waals surface area contributed by atoms with Gasteiger partial charge in [-0.15, -0.1) is 0 Å². The van der Waals surface area contributed by atoms with Crippen molar-refractivity contribution in [3.63, 3.8) is 0 Å². The van der Waals surface area contributed by atoms with Crippen molar-refractivity contribution in [3.8, 4) is 0 Å². The Morgan fingerprint density at radius 3 is 2.44 bits per heavy atom. The van der Waals surface area contributed by atoms with E-state index in [0.29, 0.717) is 18.4 Å². The van der Waals surface area contributed by atoms with Crippen LogP contribution in [0.4, 0.5) is 0 Å². The lowest BCUT2D eigenvalue weighted by Crippen LogP contribution is -2.53. The average molecular weight is 250 g/mol. The minimum Gasteiger partial charge on any atom is -0.480 e. The molecule has 1 aromatic rings. The molecule has 0 aliphatic carbocycles. The summed E-state index contributed by atoms with van der Waals surface area (Å²) < 4.78 is 0. The van der Waals surface area contributed by atoms with Gasteiger partial charge in [-0.3, -0.25) is 9.78 Å². The second-order valence-corrected chi connectivity index (χ2v) is 4.23. The maximum absolute atomic E-state index is 12.0. The van der Waals surface area contributed by atoms with E-state index in [-0.39, 0.29) is 5.91 Å². The highest BCUT2D eigenvalue weighted by molar-refractivity contribution is 5.97. The molecule has 5 nitrogen and oxygen atoms in total. The Hall–Kier alpha value is -1.91. The van der Waals surface area contributed by atoms with E-state index < -0.39 is 11.5 Å². The van der Waals surface area contributed by atoms with Crippen LogP contribution in [0.1, 0.15) is 42.7 Å². The van der Waals surface area contributed by atoms with Gasteiger partial charge in [0, 0.05) is 17.5 Å². The molecule has 0 aliphatic heterocycles. The van der Waals surface area contributed by atoms with Crippen molar-refractivity contribution < 1.29 is 14.7 Å². The van der Waals surface area contributed by atoms with Crippen LogP contribution in [0, 0.1) is 6.92 Å². The second kappa shape index (κ2) is 5.62. The lowest BCUT2D eigenvalue weighted by Gasteiger charge is -2.28. The molecule has 98 valence electrons. The Bertz CT molecular complexity index is 453. The summed E-state index contributed by atoms with van der Waals surface area (Å²) in [4.78, 5) is 27.3. The number of nitrogens with zero attached hydrogens (tertiary/aromatic N) is 1. The molecule has 0 saturated carbocycles. The molecule has 1 amide bonds. The van der Waals surface area contributed by atoms with Crippen LogP contribution in [0.5, 0.6) is 0 Å². The fourth-order valence-corrected chi connectivity index (χ4v) is 1.76. The molecule has 0 aromatic carbocycles. The molecule has 0 spiro atoms. The quantitative estimate of drug-likeness (QED) is 0.834. The van der Waals surface area contributed by atoms with Gasteiger partial charge in [0.1, 0.15) is 5.54 Å². The van der Waals surface area contributed by atoms with Gasteiger partial charge in [0.2, 0.25) is 0 Å². The largest absolute Gasteiger partial charge is 0.480 e. The van der Waals surface area contributed by atoms with Crippen molar-refractivity contribution in [1.82, 2.24) is 10.3 Å². The summed E-state index contributed by atoms with van der Waals surface area (Å²) in [5, 5.41) is 11.9. The van der Waals surface area contributed by atoms with Gasteiger partial charge in [-0.05, 0) is 31.9 Å². The smallest absolute Gasteiger partial charge is 0.329 e. The van der Waals surface area contributed by atoms with Gasteiger partial charge in [0.15, 0.2) is 0 Å². The van der Waals surface area contributed by atoms with E-state index in [4.69, 9.17) is 0 Å². The zero-order valence-electron chi connectivity index (χ0n) is 10.9. The van der Waals surface area contributed by atoms with E-state index in [1.54, 1.807) is 32.9 Å². The molecule has 0 aliphatic rings. The molecule has 0 bridgehead atoms. The van der Waals surface area contributed by atoms with Crippen LogP contribution >= 0.6 is 0 Å². The summed E-state index contributed by atoms with van der Waals surface area (Å²) in [5.74, 6) is -1.39. The number of amides is 1. The number of carboxylic acid groups (broad SMARTS) is 1. The first-order valence-electron chi connectivity index (χ1n) is 5.93. The van der Waals surface area contributed by atoms with Crippen LogP contribution in [-0.4, -0.2) is 27.5 Å². The summed E-state index contributed by atoms with van der Waals surface area (Å²) in [6, 6.07) is 3.20. The highest BCUT2D eigenvalue weighted by atomic mass is 16.4. The minimum absolute atomic E-state index is 0.342. The SMILES string of the molecule is CCC(CC)(NC(=O)c1ccnc(C)c1)C(=O)O. The number of hydrogen-bond acceptors (Lipinski definition) is 3. The molecule has 1 rings (SSSR count). The van der Waals surface area contributed by atoms with Gasteiger partial charge in [0.05, 0.1) is 0 Å². The van der Waals surface area contributed by atoms with Gasteiger partial charge < -0.3 is 10.4 Å². The Labute approximate surface area is 106 Å². The number of nitrogens with one attached hydrogen (secondary N) is 1.